The molecule has 0 bridgehead atoms. The lowest BCUT2D eigenvalue weighted by Crippen LogP contribution is -2.48. The number of rotatable bonds is 20. The largest absolute Gasteiger partial charge is 0.497 e. The minimum absolute atomic E-state index is 0.00572. The fourth-order valence-electron chi connectivity index (χ4n) is 7.37. The van der Waals surface area contributed by atoms with Gasteiger partial charge >= 0.3 is 5.97 Å². The number of ether oxygens (including phenoxy) is 3. The summed E-state index contributed by atoms with van der Waals surface area (Å²) < 4.78 is 31.4. The van der Waals surface area contributed by atoms with E-state index >= 15 is 0 Å². The molecule has 8 atom stereocenters. The molecule has 53 heavy (non-hydrogen) atoms. The predicted molar refractivity (Wildman–Crippen MR) is 218 cm³/mol. The first-order valence-electron chi connectivity index (χ1n) is 20.0. The summed E-state index contributed by atoms with van der Waals surface area (Å²) in [7, 11) is -2.92. The summed E-state index contributed by atoms with van der Waals surface area (Å²) in [5.41, 5.74) is 1.10. The van der Waals surface area contributed by atoms with Crippen molar-refractivity contribution in [3.05, 3.63) is 42.0 Å². The Balaban J connectivity index is 1.87. The van der Waals surface area contributed by atoms with Crippen LogP contribution >= 0.6 is 0 Å². The van der Waals surface area contributed by atoms with E-state index in [4.69, 9.17) is 23.1 Å². The maximum absolute atomic E-state index is 13.4. The molecule has 1 fully saturated rings. The molecule has 0 aliphatic heterocycles. The number of methoxy groups -OCH3 is 1. The first-order chi connectivity index (χ1) is 24.6. The van der Waals surface area contributed by atoms with Crippen LogP contribution in [0.3, 0.4) is 0 Å². The van der Waals surface area contributed by atoms with E-state index < -0.39 is 28.7 Å². The van der Waals surface area contributed by atoms with Gasteiger partial charge in [-0.15, -0.1) is 0 Å². The summed E-state index contributed by atoms with van der Waals surface area (Å²) >= 11 is 0. The summed E-state index contributed by atoms with van der Waals surface area (Å²) in [6, 6.07) is 7.98. The molecule has 0 aromatic heterocycles. The zero-order chi connectivity index (χ0) is 39.8. The van der Waals surface area contributed by atoms with E-state index in [1.54, 1.807) is 7.11 Å². The van der Waals surface area contributed by atoms with E-state index in [9.17, 15) is 14.4 Å². The van der Waals surface area contributed by atoms with Crippen LogP contribution in [-0.2, 0) is 39.3 Å². The molecule has 1 saturated carbocycles. The van der Waals surface area contributed by atoms with E-state index in [1.165, 1.54) is 6.29 Å². The van der Waals surface area contributed by atoms with Crippen LogP contribution in [0.1, 0.15) is 106 Å². The Morgan fingerprint density at radius 1 is 0.925 bits per heavy atom. The number of benzene rings is 1. The number of unbranched alkanes of at least 4 members (excludes halogenated alkanes) is 1. The van der Waals surface area contributed by atoms with Gasteiger partial charge in [-0.1, -0.05) is 86.1 Å². The molecule has 0 spiro atoms. The topological polar surface area (TPSA) is 97.4 Å². The lowest BCUT2D eigenvalue weighted by atomic mass is 9.70. The Bertz CT molecular complexity index is 1360. The van der Waals surface area contributed by atoms with Gasteiger partial charge in [-0.2, -0.15) is 0 Å². The third-order valence-electron chi connectivity index (χ3n) is 12.6. The van der Waals surface area contributed by atoms with Crippen LogP contribution in [0.5, 0.6) is 5.75 Å². The number of hydrogen-bond acceptors (Lipinski definition) is 8. The van der Waals surface area contributed by atoms with Gasteiger partial charge < -0.3 is 27.9 Å². The number of Topliss-reactive ketones (excluding diaryl/α,β-unsaturated/α-hetero) is 1. The van der Waals surface area contributed by atoms with Crippen molar-refractivity contribution < 1.29 is 37.4 Å². The van der Waals surface area contributed by atoms with Gasteiger partial charge in [0.25, 0.3) is 0 Å². The summed E-state index contributed by atoms with van der Waals surface area (Å²) in [4.78, 5) is 39.0. The first-order valence-corrected chi connectivity index (χ1v) is 25.8. The van der Waals surface area contributed by atoms with Gasteiger partial charge in [0.2, 0.25) is 0 Å². The van der Waals surface area contributed by atoms with Gasteiger partial charge in [0.15, 0.2) is 16.6 Å². The van der Waals surface area contributed by atoms with Gasteiger partial charge in [-0.25, -0.2) is 0 Å². The highest BCUT2D eigenvalue weighted by Crippen LogP contribution is 2.50. The third kappa shape index (κ3) is 12.7. The summed E-state index contributed by atoms with van der Waals surface area (Å²) in [6.45, 7) is 27.3. The fourth-order valence-corrected chi connectivity index (χ4v) is 10.1. The van der Waals surface area contributed by atoms with Crippen molar-refractivity contribution in [1.82, 2.24) is 0 Å². The molecule has 10 heteroatoms. The maximum Gasteiger partial charge on any atom is 0.313 e. The standard InChI is InChI=1S/C43H72O8Si2/c1-14-15-22-48-40(46)26-33(45)25-36(51-53(12,13)43(6,7)8)27-35(50-52(10,11)42(3,4)5)24-32-18-21-37-38(39(32)28-44)23-30(2)41(37)49-29-31-16-19-34(47-9)20-17-31/h16-21,28,30,32,35-39,41H,14-15,22-27,29H2,1-13H3/t30-,32-,35-,36+,37+,38+,39+,41+/m1/s1. The van der Waals surface area contributed by atoms with Crippen molar-refractivity contribution in [3.63, 3.8) is 0 Å². The van der Waals surface area contributed by atoms with E-state index in [-0.39, 0.29) is 64.6 Å². The number of fused-ring (bicyclic) bond motifs is 1. The third-order valence-corrected chi connectivity index (χ3v) is 21.6. The normalized spacial score (nSPS) is 24.7. The molecule has 0 unspecified atom stereocenters. The summed E-state index contributed by atoms with van der Waals surface area (Å²) in [5.74, 6) is 0.673. The van der Waals surface area contributed by atoms with Crippen LogP contribution in [0, 0.1) is 29.6 Å². The lowest BCUT2D eigenvalue weighted by molar-refractivity contribution is -0.146. The van der Waals surface area contributed by atoms with Gasteiger partial charge in [0, 0.05) is 24.4 Å². The van der Waals surface area contributed by atoms with Crippen molar-refractivity contribution in [2.45, 2.75) is 162 Å². The molecule has 0 amide bonds. The number of hydrogen-bond donors (Lipinski definition) is 0. The molecule has 0 heterocycles. The molecular formula is C43H72O8Si2. The Morgan fingerprint density at radius 3 is 2.08 bits per heavy atom. The van der Waals surface area contributed by atoms with E-state index in [1.807, 2.05) is 31.2 Å². The van der Waals surface area contributed by atoms with Crippen LogP contribution in [0.15, 0.2) is 36.4 Å². The second kappa shape index (κ2) is 19.2. The minimum atomic E-state index is -2.31. The monoisotopic (exact) mass is 772 g/mol. The van der Waals surface area contributed by atoms with Gasteiger partial charge in [0.05, 0.1) is 32.5 Å². The molecule has 300 valence electrons. The van der Waals surface area contributed by atoms with E-state index in [0.717, 1.165) is 30.6 Å². The Morgan fingerprint density at radius 2 is 1.53 bits per heavy atom. The molecule has 8 nitrogen and oxygen atoms in total. The number of carbonyl (C=O) groups excluding carboxylic acids is 3. The van der Waals surface area contributed by atoms with Crippen LogP contribution in [0.25, 0.3) is 0 Å². The molecule has 0 radical (unpaired) electrons. The number of carbonyl (C=O) groups is 3. The highest BCUT2D eigenvalue weighted by atomic mass is 28.4. The highest BCUT2D eigenvalue weighted by Gasteiger charge is 2.49. The summed E-state index contributed by atoms with van der Waals surface area (Å²) in [5, 5.41) is -0.107. The quantitative estimate of drug-likeness (QED) is 0.0323. The average molecular weight is 773 g/mol. The first kappa shape index (κ1) is 45.3. The number of allylic oxidation sites excluding steroid dienone is 1. The van der Waals surface area contributed by atoms with Crippen molar-refractivity contribution in [3.8, 4) is 5.75 Å². The molecular weight excluding hydrogens is 701 g/mol. The van der Waals surface area contributed by atoms with Gasteiger partial charge in [0.1, 0.15) is 24.2 Å². The molecule has 3 rings (SSSR count). The number of ketones is 1. The Hall–Kier alpha value is -2.12. The molecule has 2 aliphatic carbocycles. The van der Waals surface area contributed by atoms with Crippen LogP contribution < -0.4 is 4.74 Å². The summed E-state index contributed by atoms with van der Waals surface area (Å²) in [6.07, 6.45) is 8.76. The van der Waals surface area contributed by atoms with Gasteiger partial charge in [-0.05, 0) is 97.4 Å². The van der Waals surface area contributed by atoms with Crippen LogP contribution in [-0.4, -0.2) is 66.7 Å². The SMILES string of the molecule is CCCCOC(=O)CC(=O)C[C@@H](C[C@@H](C[C@H]1C=C[C@H]2[C@H](C[C@@H](C)[C@@H]2OCc2ccc(OC)cc2)[C@H]1C=O)O[Si](C)(C)C(C)(C)C)O[Si](C)(C)C(C)(C)C. The average Bonchev–Trinajstić information content (AvgIpc) is 3.36. The minimum Gasteiger partial charge on any atom is -0.497 e. The second-order valence-electron chi connectivity index (χ2n) is 18.8. The van der Waals surface area contributed by atoms with E-state index in [2.05, 4.69) is 86.8 Å². The maximum atomic E-state index is 13.4. The fraction of sp³-hybridized carbons (Fsp3) is 0.744. The van der Waals surface area contributed by atoms with Crippen molar-refractivity contribution in [1.29, 1.82) is 0 Å². The Kier molecular flexibility index (Phi) is 16.4. The second-order valence-corrected chi connectivity index (χ2v) is 28.3. The van der Waals surface area contributed by atoms with Crippen molar-refractivity contribution in [2.24, 2.45) is 29.6 Å². The smallest absolute Gasteiger partial charge is 0.313 e. The molecule has 0 saturated heterocycles. The zero-order valence-corrected chi connectivity index (χ0v) is 37.3. The molecule has 1 aromatic carbocycles. The van der Waals surface area contributed by atoms with Crippen molar-refractivity contribution >= 4 is 34.7 Å². The highest BCUT2D eigenvalue weighted by molar-refractivity contribution is 6.74. The van der Waals surface area contributed by atoms with Crippen LogP contribution in [0.4, 0.5) is 0 Å². The van der Waals surface area contributed by atoms with Gasteiger partial charge in [-0.3, -0.25) is 9.59 Å². The van der Waals surface area contributed by atoms with Crippen LogP contribution in [0.2, 0.25) is 36.3 Å². The molecule has 0 N–H and O–H groups in total. The number of aldehydes is 1. The lowest BCUT2D eigenvalue weighted by Gasteiger charge is -2.44. The molecule has 1 aromatic rings. The number of esters is 1. The van der Waals surface area contributed by atoms with Crippen molar-refractivity contribution in [2.75, 3.05) is 13.7 Å². The molecule has 2 aliphatic rings. The Labute approximate surface area is 323 Å². The van der Waals surface area contributed by atoms with E-state index in [0.29, 0.717) is 32.0 Å². The predicted octanol–water partition coefficient (Wildman–Crippen LogP) is 10.1. The zero-order valence-electron chi connectivity index (χ0n) is 35.3.